The van der Waals surface area contributed by atoms with Gasteiger partial charge >= 0.3 is 0 Å². The summed E-state index contributed by atoms with van der Waals surface area (Å²) in [5, 5.41) is 0. The topological polar surface area (TPSA) is 12.9 Å². The molecule has 20 heavy (non-hydrogen) atoms. The Morgan fingerprint density at radius 2 is 1.40 bits per heavy atom. The van der Waals surface area contributed by atoms with Crippen molar-refractivity contribution in [3.05, 3.63) is 53.7 Å². The van der Waals surface area contributed by atoms with Crippen molar-refractivity contribution < 1.29 is 0 Å². The molecule has 1 aromatic carbocycles. The van der Waals surface area contributed by atoms with Gasteiger partial charge in [0.1, 0.15) is 0 Å². The van der Waals surface area contributed by atoms with Crippen LogP contribution in [0.3, 0.4) is 0 Å². The molecular formula is C19H25N. The molecular weight excluding hydrogens is 242 g/mol. The molecule has 1 aromatic heterocycles. The molecule has 0 fully saturated rings. The van der Waals surface area contributed by atoms with Crippen molar-refractivity contribution in [2.45, 2.75) is 40.5 Å². The molecule has 0 radical (unpaired) electrons. The quantitative estimate of drug-likeness (QED) is 0.717. The molecule has 0 amide bonds. The van der Waals surface area contributed by atoms with Crippen LogP contribution in [0.15, 0.2) is 42.6 Å². The van der Waals surface area contributed by atoms with Gasteiger partial charge in [-0.05, 0) is 36.3 Å². The molecule has 2 rings (SSSR count). The fourth-order valence-corrected chi connectivity index (χ4v) is 3.04. The van der Waals surface area contributed by atoms with Crippen LogP contribution in [0.4, 0.5) is 0 Å². The highest BCUT2D eigenvalue weighted by Crippen LogP contribution is 2.32. The number of nitrogens with zero attached hydrogens (tertiary/aromatic N) is 1. The molecule has 0 saturated heterocycles. The third-order valence-electron chi connectivity index (χ3n) is 3.96. The Kier molecular flexibility index (Phi) is 4.59. The molecule has 1 nitrogen and oxygen atoms in total. The van der Waals surface area contributed by atoms with Crippen molar-refractivity contribution in [1.82, 2.24) is 4.98 Å². The zero-order valence-corrected chi connectivity index (χ0v) is 13.2. The van der Waals surface area contributed by atoms with E-state index in [1.54, 1.807) is 0 Å². The number of hydrogen-bond acceptors (Lipinski definition) is 1. The molecule has 0 aliphatic heterocycles. The van der Waals surface area contributed by atoms with E-state index in [1.165, 1.54) is 16.7 Å². The van der Waals surface area contributed by atoms with Gasteiger partial charge in [0.25, 0.3) is 0 Å². The predicted molar refractivity (Wildman–Crippen MR) is 86.8 cm³/mol. The number of hydrogen-bond donors (Lipinski definition) is 0. The Bertz CT molecular complexity index is 527. The number of aryl methyl sites for hydroxylation is 1. The zero-order valence-electron chi connectivity index (χ0n) is 13.2. The maximum absolute atomic E-state index is 4.66. The minimum Gasteiger partial charge on any atom is -0.256 e. The van der Waals surface area contributed by atoms with E-state index >= 15 is 0 Å². The summed E-state index contributed by atoms with van der Waals surface area (Å²) in [6.45, 7) is 11.3. The van der Waals surface area contributed by atoms with Gasteiger partial charge in [-0.1, -0.05) is 63.6 Å². The monoisotopic (exact) mass is 267 g/mol. The van der Waals surface area contributed by atoms with E-state index in [4.69, 9.17) is 0 Å². The minimum atomic E-state index is 0.578. The van der Waals surface area contributed by atoms with Gasteiger partial charge in [-0.15, -0.1) is 0 Å². The molecule has 2 aromatic rings. The fraction of sp³-hybridized carbons (Fsp3) is 0.421. The van der Waals surface area contributed by atoms with E-state index in [9.17, 15) is 0 Å². The average Bonchev–Trinajstić information content (AvgIpc) is 2.40. The van der Waals surface area contributed by atoms with Crippen LogP contribution >= 0.6 is 0 Å². The number of aromatic nitrogens is 1. The van der Waals surface area contributed by atoms with E-state index in [1.807, 2.05) is 0 Å². The van der Waals surface area contributed by atoms with Gasteiger partial charge < -0.3 is 0 Å². The summed E-state index contributed by atoms with van der Waals surface area (Å²) >= 11 is 0. The highest BCUT2D eigenvalue weighted by Gasteiger charge is 2.19. The maximum Gasteiger partial charge on any atom is 0.0702 e. The van der Waals surface area contributed by atoms with Crippen molar-refractivity contribution in [3.63, 3.8) is 0 Å². The van der Waals surface area contributed by atoms with Crippen LogP contribution in [0.1, 0.15) is 44.7 Å². The summed E-state index contributed by atoms with van der Waals surface area (Å²) < 4.78 is 0. The molecule has 0 aliphatic carbocycles. The Balaban J connectivity index is 2.27. The first kappa shape index (κ1) is 14.8. The van der Waals surface area contributed by atoms with Crippen molar-refractivity contribution in [2.75, 3.05) is 0 Å². The zero-order chi connectivity index (χ0) is 14.7. The largest absolute Gasteiger partial charge is 0.256 e. The van der Waals surface area contributed by atoms with Crippen LogP contribution in [0.25, 0.3) is 11.3 Å². The van der Waals surface area contributed by atoms with Gasteiger partial charge in [-0.3, -0.25) is 4.98 Å². The van der Waals surface area contributed by atoms with Crippen LogP contribution in [0.5, 0.6) is 0 Å². The van der Waals surface area contributed by atoms with Gasteiger partial charge in [-0.25, -0.2) is 0 Å². The Labute approximate surface area is 123 Å². The summed E-state index contributed by atoms with van der Waals surface area (Å²) in [5.41, 5.74) is 4.88. The van der Waals surface area contributed by atoms with Crippen molar-refractivity contribution >= 4 is 0 Å². The lowest BCUT2D eigenvalue weighted by atomic mass is 9.81. The van der Waals surface area contributed by atoms with E-state index in [-0.39, 0.29) is 0 Å². The molecule has 1 heterocycles. The lowest BCUT2D eigenvalue weighted by Crippen LogP contribution is -2.13. The molecule has 0 aliphatic rings. The summed E-state index contributed by atoms with van der Waals surface area (Å²) in [7, 11) is 0. The van der Waals surface area contributed by atoms with Crippen molar-refractivity contribution in [3.8, 4) is 11.3 Å². The van der Waals surface area contributed by atoms with Crippen LogP contribution < -0.4 is 0 Å². The predicted octanol–water partition coefficient (Wildman–Crippen LogP) is 5.45. The molecule has 106 valence electrons. The number of benzene rings is 1. The van der Waals surface area contributed by atoms with Gasteiger partial charge in [0.15, 0.2) is 0 Å². The van der Waals surface area contributed by atoms with Gasteiger partial charge in [0.2, 0.25) is 0 Å². The van der Waals surface area contributed by atoms with E-state index in [0.717, 1.165) is 5.69 Å². The van der Waals surface area contributed by atoms with Crippen molar-refractivity contribution in [2.24, 2.45) is 11.8 Å². The Hall–Kier alpha value is -1.63. The molecule has 0 atom stereocenters. The molecule has 0 spiro atoms. The van der Waals surface area contributed by atoms with E-state index in [2.05, 4.69) is 82.2 Å². The van der Waals surface area contributed by atoms with Crippen LogP contribution in [-0.2, 0) is 0 Å². The van der Waals surface area contributed by atoms with Crippen LogP contribution in [-0.4, -0.2) is 4.98 Å². The summed E-state index contributed by atoms with van der Waals surface area (Å²) in [6, 6.07) is 12.9. The summed E-state index contributed by atoms with van der Waals surface area (Å²) in [4.78, 5) is 4.66. The first-order chi connectivity index (χ1) is 9.49. The second kappa shape index (κ2) is 6.21. The fourth-order valence-electron chi connectivity index (χ4n) is 3.04. The molecule has 1 heteroatoms. The lowest BCUT2D eigenvalue weighted by Gasteiger charge is -2.25. The Morgan fingerprint density at radius 3 is 1.85 bits per heavy atom. The van der Waals surface area contributed by atoms with E-state index < -0.39 is 0 Å². The van der Waals surface area contributed by atoms with Gasteiger partial charge in [0, 0.05) is 11.8 Å². The van der Waals surface area contributed by atoms with Gasteiger partial charge in [-0.2, -0.15) is 0 Å². The first-order valence-corrected chi connectivity index (χ1v) is 7.52. The SMILES string of the molecule is Cc1ccc(-c2ccc(C(C(C)C)C(C)C)cn2)cc1. The Morgan fingerprint density at radius 1 is 0.800 bits per heavy atom. The normalized spacial score (nSPS) is 11.6. The molecule has 0 saturated carbocycles. The summed E-state index contributed by atoms with van der Waals surface area (Å²) in [6.07, 6.45) is 2.06. The van der Waals surface area contributed by atoms with E-state index in [0.29, 0.717) is 17.8 Å². The van der Waals surface area contributed by atoms with Crippen LogP contribution in [0, 0.1) is 18.8 Å². The molecule has 0 N–H and O–H groups in total. The molecule has 0 unspecified atom stereocenters. The second-order valence-electron chi connectivity index (χ2n) is 6.36. The highest BCUT2D eigenvalue weighted by molar-refractivity contribution is 5.59. The number of rotatable bonds is 4. The van der Waals surface area contributed by atoms with Crippen molar-refractivity contribution in [1.29, 1.82) is 0 Å². The van der Waals surface area contributed by atoms with Crippen LogP contribution in [0.2, 0.25) is 0 Å². The average molecular weight is 267 g/mol. The number of pyridine rings is 1. The lowest BCUT2D eigenvalue weighted by molar-refractivity contribution is 0.387. The second-order valence-corrected chi connectivity index (χ2v) is 6.36. The third-order valence-corrected chi connectivity index (χ3v) is 3.96. The summed E-state index contributed by atoms with van der Waals surface area (Å²) in [5.74, 6) is 1.86. The third kappa shape index (κ3) is 3.27. The van der Waals surface area contributed by atoms with Gasteiger partial charge in [0.05, 0.1) is 5.69 Å². The maximum atomic E-state index is 4.66. The highest BCUT2D eigenvalue weighted by atomic mass is 14.7. The molecule has 0 bridgehead atoms. The standard InChI is InChI=1S/C19H25N/c1-13(2)19(14(3)4)17-10-11-18(20-12-17)16-8-6-15(5)7-9-16/h6-14,19H,1-5H3. The minimum absolute atomic E-state index is 0.578. The first-order valence-electron chi connectivity index (χ1n) is 7.52. The smallest absolute Gasteiger partial charge is 0.0702 e.